The van der Waals surface area contributed by atoms with E-state index in [1.165, 1.54) is 6.42 Å². The van der Waals surface area contributed by atoms with Gasteiger partial charge in [0, 0.05) is 22.0 Å². The van der Waals surface area contributed by atoms with Gasteiger partial charge in [-0.1, -0.05) is 49.0 Å². The van der Waals surface area contributed by atoms with Crippen molar-refractivity contribution in [3.63, 3.8) is 0 Å². The van der Waals surface area contributed by atoms with Crippen molar-refractivity contribution in [2.75, 3.05) is 6.54 Å². The van der Waals surface area contributed by atoms with Crippen LogP contribution >= 0.6 is 23.2 Å². The molecular weight excluding hydrogens is 281 g/mol. The van der Waals surface area contributed by atoms with Crippen molar-refractivity contribution >= 4 is 23.2 Å². The molecule has 1 aromatic carbocycles. The van der Waals surface area contributed by atoms with Crippen molar-refractivity contribution in [1.82, 2.24) is 0 Å². The van der Waals surface area contributed by atoms with E-state index in [9.17, 15) is 5.11 Å². The smallest absolute Gasteiger partial charge is 0.0872 e. The van der Waals surface area contributed by atoms with Gasteiger partial charge >= 0.3 is 0 Å². The largest absolute Gasteiger partial charge is 0.388 e. The van der Waals surface area contributed by atoms with E-state index in [0.29, 0.717) is 22.5 Å². The monoisotopic (exact) mass is 301 g/mol. The van der Waals surface area contributed by atoms with E-state index in [-0.39, 0.29) is 5.41 Å². The molecule has 0 radical (unpaired) electrons. The maximum Gasteiger partial charge on any atom is 0.0872 e. The molecule has 2 rings (SSSR count). The summed E-state index contributed by atoms with van der Waals surface area (Å²) in [6.07, 6.45) is 3.60. The molecule has 0 amide bonds. The van der Waals surface area contributed by atoms with Gasteiger partial charge in [-0.3, -0.25) is 0 Å². The van der Waals surface area contributed by atoms with E-state index >= 15 is 0 Å². The molecule has 1 aromatic rings. The summed E-state index contributed by atoms with van der Waals surface area (Å²) < 4.78 is 0. The highest BCUT2D eigenvalue weighted by Gasteiger charge is 2.41. The lowest BCUT2D eigenvalue weighted by atomic mass is 9.65. The SMILES string of the molecule is CC1CCCC(CN)(C(O)c2ccc(Cl)cc2Cl)C1. The van der Waals surface area contributed by atoms with Gasteiger partial charge in [0.2, 0.25) is 0 Å². The number of nitrogens with two attached hydrogens (primary N) is 1. The first-order valence-electron chi connectivity index (χ1n) is 6.81. The van der Waals surface area contributed by atoms with Gasteiger partial charge in [0.25, 0.3) is 0 Å². The van der Waals surface area contributed by atoms with E-state index < -0.39 is 6.10 Å². The molecule has 0 spiro atoms. The van der Waals surface area contributed by atoms with Crippen LogP contribution in [0.5, 0.6) is 0 Å². The van der Waals surface area contributed by atoms with Crippen LogP contribution in [0.4, 0.5) is 0 Å². The first kappa shape index (κ1) is 15.1. The number of benzene rings is 1. The van der Waals surface area contributed by atoms with Crippen LogP contribution in [0.15, 0.2) is 18.2 Å². The second-order valence-electron chi connectivity index (χ2n) is 5.84. The zero-order chi connectivity index (χ0) is 14.0. The fraction of sp³-hybridized carbons (Fsp3) is 0.600. The Morgan fingerprint density at radius 2 is 2.21 bits per heavy atom. The third kappa shape index (κ3) is 3.08. The molecule has 1 fully saturated rings. The first-order chi connectivity index (χ1) is 8.98. The maximum atomic E-state index is 10.8. The molecule has 0 bridgehead atoms. The molecule has 3 unspecified atom stereocenters. The summed E-state index contributed by atoms with van der Waals surface area (Å²) in [5.74, 6) is 0.595. The summed E-state index contributed by atoms with van der Waals surface area (Å²) in [5.41, 5.74) is 6.48. The van der Waals surface area contributed by atoms with E-state index in [1.807, 2.05) is 6.07 Å². The molecule has 2 nitrogen and oxygen atoms in total. The van der Waals surface area contributed by atoms with Gasteiger partial charge < -0.3 is 10.8 Å². The Morgan fingerprint density at radius 1 is 1.47 bits per heavy atom. The van der Waals surface area contributed by atoms with Crippen LogP contribution < -0.4 is 5.73 Å². The van der Waals surface area contributed by atoms with Crippen LogP contribution in [0.1, 0.15) is 44.3 Å². The minimum Gasteiger partial charge on any atom is -0.388 e. The molecule has 1 aliphatic rings. The van der Waals surface area contributed by atoms with Crippen LogP contribution in [-0.2, 0) is 0 Å². The third-order valence-electron chi connectivity index (χ3n) is 4.37. The molecule has 4 heteroatoms. The highest BCUT2D eigenvalue weighted by molar-refractivity contribution is 6.35. The Balaban J connectivity index is 2.32. The number of hydrogen-bond donors (Lipinski definition) is 2. The molecule has 19 heavy (non-hydrogen) atoms. The van der Waals surface area contributed by atoms with Crippen molar-refractivity contribution < 1.29 is 5.11 Å². The quantitative estimate of drug-likeness (QED) is 0.879. The highest BCUT2D eigenvalue weighted by atomic mass is 35.5. The van der Waals surface area contributed by atoms with Gasteiger partial charge in [0.05, 0.1) is 6.10 Å². The Bertz CT molecular complexity index is 452. The molecule has 0 heterocycles. The first-order valence-corrected chi connectivity index (χ1v) is 7.57. The minimum atomic E-state index is -0.620. The number of halogens is 2. The molecule has 1 aliphatic carbocycles. The molecule has 3 N–H and O–H groups in total. The summed E-state index contributed by atoms with van der Waals surface area (Å²) in [6, 6.07) is 5.26. The van der Waals surface area contributed by atoms with Crippen LogP contribution in [0, 0.1) is 11.3 Å². The van der Waals surface area contributed by atoms with Crippen LogP contribution in [-0.4, -0.2) is 11.7 Å². The zero-order valence-electron chi connectivity index (χ0n) is 11.2. The van der Waals surface area contributed by atoms with Gasteiger partial charge in [0.1, 0.15) is 0 Å². The average Bonchev–Trinajstić information content (AvgIpc) is 2.38. The molecule has 0 aromatic heterocycles. The predicted octanol–water partition coefficient (Wildman–Crippen LogP) is 4.18. The number of hydrogen-bond acceptors (Lipinski definition) is 2. The van der Waals surface area contributed by atoms with E-state index in [4.69, 9.17) is 28.9 Å². The Kier molecular flexibility index (Phi) is 4.78. The lowest BCUT2D eigenvalue weighted by Gasteiger charge is -2.43. The lowest BCUT2D eigenvalue weighted by Crippen LogP contribution is -2.40. The lowest BCUT2D eigenvalue weighted by molar-refractivity contribution is -0.0130. The second-order valence-corrected chi connectivity index (χ2v) is 6.68. The fourth-order valence-electron chi connectivity index (χ4n) is 3.30. The zero-order valence-corrected chi connectivity index (χ0v) is 12.7. The van der Waals surface area contributed by atoms with Gasteiger partial charge in [-0.05, 0) is 36.5 Å². The topological polar surface area (TPSA) is 46.2 Å². The number of aliphatic hydroxyl groups is 1. The summed E-state index contributed by atoms with van der Waals surface area (Å²) in [4.78, 5) is 0. The van der Waals surface area contributed by atoms with Crippen molar-refractivity contribution in [2.45, 2.75) is 38.7 Å². The van der Waals surface area contributed by atoms with Crippen LogP contribution in [0.25, 0.3) is 0 Å². The normalized spacial score (nSPS) is 29.2. The molecule has 3 atom stereocenters. The van der Waals surface area contributed by atoms with Crippen molar-refractivity contribution in [1.29, 1.82) is 0 Å². The standard InChI is InChI=1S/C15H21Cl2NO/c1-10-3-2-6-15(8-10,9-18)14(19)12-5-4-11(16)7-13(12)17/h4-5,7,10,14,19H,2-3,6,8-9,18H2,1H3. The summed E-state index contributed by atoms with van der Waals surface area (Å²) in [6.45, 7) is 2.71. The number of rotatable bonds is 3. The minimum absolute atomic E-state index is 0.255. The molecular formula is C15H21Cl2NO. The van der Waals surface area contributed by atoms with Gasteiger partial charge in [-0.25, -0.2) is 0 Å². The molecule has 0 aliphatic heterocycles. The fourth-order valence-corrected chi connectivity index (χ4v) is 3.81. The van der Waals surface area contributed by atoms with Crippen molar-refractivity contribution in [3.8, 4) is 0 Å². The van der Waals surface area contributed by atoms with E-state index in [2.05, 4.69) is 6.92 Å². The molecule has 0 saturated heterocycles. The van der Waals surface area contributed by atoms with E-state index in [1.54, 1.807) is 12.1 Å². The molecule has 106 valence electrons. The maximum absolute atomic E-state index is 10.8. The Morgan fingerprint density at radius 3 is 2.79 bits per heavy atom. The second kappa shape index (κ2) is 6.01. The highest BCUT2D eigenvalue weighted by Crippen LogP contribution is 2.48. The average molecular weight is 302 g/mol. The van der Waals surface area contributed by atoms with Crippen molar-refractivity contribution in [2.24, 2.45) is 17.1 Å². The van der Waals surface area contributed by atoms with Gasteiger partial charge in [0.15, 0.2) is 0 Å². The third-order valence-corrected chi connectivity index (χ3v) is 4.93. The van der Waals surface area contributed by atoms with Crippen molar-refractivity contribution in [3.05, 3.63) is 33.8 Å². The Labute approximate surface area is 124 Å². The Hall–Kier alpha value is -0.280. The summed E-state index contributed by atoms with van der Waals surface area (Å²) in [7, 11) is 0. The number of aliphatic hydroxyl groups excluding tert-OH is 1. The van der Waals surface area contributed by atoms with Gasteiger partial charge in [-0.2, -0.15) is 0 Å². The van der Waals surface area contributed by atoms with E-state index in [0.717, 1.165) is 24.8 Å². The van der Waals surface area contributed by atoms with Crippen LogP contribution in [0.3, 0.4) is 0 Å². The summed E-state index contributed by atoms with van der Waals surface area (Å²) in [5, 5.41) is 11.9. The predicted molar refractivity (Wildman–Crippen MR) is 80.5 cm³/mol. The van der Waals surface area contributed by atoms with Gasteiger partial charge in [-0.15, -0.1) is 0 Å². The van der Waals surface area contributed by atoms with Crippen LogP contribution in [0.2, 0.25) is 10.0 Å². The molecule has 1 saturated carbocycles. The summed E-state index contributed by atoms with van der Waals surface area (Å²) >= 11 is 12.1.